The van der Waals surface area contributed by atoms with Crippen molar-refractivity contribution in [3.63, 3.8) is 0 Å². The first kappa shape index (κ1) is 19.4. The van der Waals surface area contributed by atoms with Gasteiger partial charge in [-0.3, -0.25) is 0 Å². The van der Waals surface area contributed by atoms with E-state index in [4.69, 9.17) is 4.74 Å². The second kappa shape index (κ2) is 7.58. The number of amides is 1. The summed E-state index contributed by atoms with van der Waals surface area (Å²) in [5, 5.41) is 12.4. The van der Waals surface area contributed by atoms with Gasteiger partial charge in [-0.25, -0.2) is 9.59 Å². The van der Waals surface area contributed by atoms with Gasteiger partial charge in [0.1, 0.15) is 12.1 Å². The molecule has 156 valence electrons. The van der Waals surface area contributed by atoms with E-state index in [1.807, 2.05) is 54.6 Å². The number of carbonyl (C=O) groups excluding carboxylic acids is 1. The third-order valence-electron chi connectivity index (χ3n) is 6.56. The van der Waals surface area contributed by atoms with Crippen LogP contribution in [0.25, 0.3) is 11.1 Å². The molecule has 2 aliphatic carbocycles. The highest BCUT2D eigenvalue weighted by Crippen LogP contribution is 2.46. The molecule has 2 N–H and O–H groups in total. The van der Waals surface area contributed by atoms with Crippen molar-refractivity contribution < 1.29 is 19.4 Å². The minimum atomic E-state index is -1.27. The van der Waals surface area contributed by atoms with E-state index in [0.717, 1.165) is 27.8 Å². The molecule has 0 unspecified atom stereocenters. The first-order chi connectivity index (χ1) is 15.1. The third-order valence-corrected chi connectivity index (χ3v) is 6.56. The van der Waals surface area contributed by atoms with Crippen LogP contribution in [0.1, 0.15) is 41.4 Å². The number of aliphatic carboxylic acids is 1. The highest BCUT2D eigenvalue weighted by molar-refractivity contribution is 5.86. The Morgan fingerprint density at radius 3 is 2.00 bits per heavy atom. The molecule has 0 radical (unpaired) electrons. The summed E-state index contributed by atoms with van der Waals surface area (Å²) in [5.74, 6) is -0.961. The van der Waals surface area contributed by atoms with Crippen LogP contribution in [0, 0.1) is 0 Å². The zero-order valence-corrected chi connectivity index (χ0v) is 17.0. The summed E-state index contributed by atoms with van der Waals surface area (Å²) in [5.41, 5.74) is 4.36. The highest BCUT2D eigenvalue weighted by Gasteiger charge is 2.52. The summed E-state index contributed by atoms with van der Waals surface area (Å²) in [6, 6.07) is 26.0. The fraction of sp³-hybridized carbons (Fsp3) is 0.231. The van der Waals surface area contributed by atoms with E-state index in [1.54, 1.807) is 0 Å². The number of carboxylic acid groups (broad SMARTS) is 1. The first-order valence-corrected chi connectivity index (χ1v) is 10.5. The van der Waals surface area contributed by atoms with Gasteiger partial charge in [0.15, 0.2) is 0 Å². The minimum Gasteiger partial charge on any atom is -0.480 e. The van der Waals surface area contributed by atoms with Crippen molar-refractivity contribution in [1.29, 1.82) is 0 Å². The topological polar surface area (TPSA) is 75.6 Å². The molecule has 0 bridgehead atoms. The Bertz CT molecular complexity index is 1090. The largest absolute Gasteiger partial charge is 0.480 e. The van der Waals surface area contributed by atoms with Crippen molar-refractivity contribution >= 4 is 12.1 Å². The monoisotopic (exact) mass is 413 g/mol. The lowest BCUT2D eigenvalue weighted by Gasteiger charge is -2.44. The van der Waals surface area contributed by atoms with Crippen molar-refractivity contribution in [3.8, 4) is 11.1 Å². The third kappa shape index (κ3) is 3.36. The predicted molar refractivity (Wildman–Crippen MR) is 117 cm³/mol. The van der Waals surface area contributed by atoms with Crippen molar-refractivity contribution in [2.45, 2.75) is 30.2 Å². The van der Waals surface area contributed by atoms with E-state index in [9.17, 15) is 14.7 Å². The molecule has 5 heteroatoms. The molecule has 3 aromatic rings. The molecule has 0 atom stereocenters. The summed E-state index contributed by atoms with van der Waals surface area (Å²) >= 11 is 0. The fourth-order valence-corrected chi connectivity index (χ4v) is 4.90. The van der Waals surface area contributed by atoms with Crippen LogP contribution in [0.2, 0.25) is 0 Å². The van der Waals surface area contributed by atoms with Crippen molar-refractivity contribution in [3.05, 3.63) is 95.6 Å². The highest BCUT2D eigenvalue weighted by atomic mass is 16.5. The van der Waals surface area contributed by atoms with Gasteiger partial charge in [-0.2, -0.15) is 0 Å². The van der Waals surface area contributed by atoms with Gasteiger partial charge < -0.3 is 15.2 Å². The summed E-state index contributed by atoms with van der Waals surface area (Å²) in [7, 11) is 0. The molecule has 5 nitrogen and oxygen atoms in total. The van der Waals surface area contributed by atoms with Gasteiger partial charge in [-0.15, -0.1) is 0 Å². The maximum absolute atomic E-state index is 12.6. The van der Waals surface area contributed by atoms with E-state index in [2.05, 4.69) is 29.6 Å². The Labute approximate surface area is 180 Å². The number of alkyl carbamates (subject to hydrolysis) is 1. The Kier molecular flexibility index (Phi) is 4.74. The maximum Gasteiger partial charge on any atom is 0.408 e. The SMILES string of the molecule is O=C(NC1(C(=O)O)CC(c2ccccc2)C1)OCC1c2ccccc2-c2ccccc21. The van der Waals surface area contributed by atoms with Gasteiger partial charge in [-0.05, 0) is 46.6 Å². The number of benzene rings is 3. The zero-order valence-electron chi connectivity index (χ0n) is 17.0. The molecule has 3 aromatic carbocycles. The number of rotatable bonds is 5. The number of nitrogens with one attached hydrogen (secondary N) is 1. The number of hydrogen-bond donors (Lipinski definition) is 2. The van der Waals surface area contributed by atoms with Crippen molar-refractivity contribution in [1.82, 2.24) is 5.32 Å². The molecule has 0 saturated heterocycles. The summed E-state index contributed by atoms with van der Waals surface area (Å²) < 4.78 is 5.55. The molecular formula is C26H23NO4. The van der Waals surface area contributed by atoms with Crippen LogP contribution in [0.3, 0.4) is 0 Å². The number of carboxylic acids is 1. The average Bonchev–Trinajstić information content (AvgIpc) is 3.09. The summed E-state index contributed by atoms with van der Waals surface area (Å²) in [6.45, 7) is 0.164. The van der Waals surface area contributed by atoms with Crippen molar-refractivity contribution in [2.75, 3.05) is 6.61 Å². The lowest BCUT2D eigenvalue weighted by Crippen LogP contribution is -2.61. The normalized spacial score (nSPS) is 21.5. The first-order valence-electron chi connectivity index (χ1n) is 10.5. The molecule has 0 aromatic heterocycles. The van der Waals surface area contributed by atoms with Gasteiger partial charge in [0.05, 0.1) is 0 Å². The fourth-order valence-electron chi connectivity index (χ4n) is 4.90. The van der Waals surface area contributed by atoms with Crippen LogP contribution in [-0.2, 0) is 9.53 Å². The van der Waals surface area contributed by atoms with Crippen LogP contribution >= 0.6 is 0 Å². The van der Waals surface area contributed by atoms with Crippen molar-refractivity contribution in [2.24, 2.45) is 0 Å². The van der Waals surface area contributed by atoms with E-state index in [-0.39, 0.29) is 18.4 Å². The van der Waals surface area contributed by atoms with E-state index in [0.29, 0.717) is 12.8 Å². The van der Waals surface area contributed by atoms with Crippen LogP contribution in [-0.4, -0.2) is 29.3 Å². The smallest absolute Gasteiger partial charge is 0.408 e. The molecular weight excluding hydrogens is 390 g/mol. The molecule has 5 rings (SSSR count). The standard InChI is InChI=1S/C26H23NO4/c28-24(29)26(14-18(15-26)17-8-2-1-3-9-17)27-25(30)31-16-23-21-12-6-4-10-19(21)20-11-5-7-13-22(20)23/h1-13,18,23H,14-16H2,(H,27,30)(H,28,29). The number of hydrogen-bond acceptors (Lipinski definition) is 3. The van der Waals surface area contributed by atoms with E-state index in [1.165, 1.54) is 0 Å². The Balaban J connectivity index is 1.26. The zero-order chi connectivity index (χ0) is 21.4. The molecule has 0 spiro atoms. The summed E-state index contributed by atoms with van der Waals surface area (Å²) in [6.07, 6.45) is 0.0309. The Hall–Kier alpha value is -3.60. The summed E-state index contributed by atoms with van der Waals surface area (Å²) in [4.78, 5) is 24.5. The maximum atomic E-state index is 12.6. The molecule has 1 fully saturated rings. The quantitative estimate of drug-likeness (QED) is 0.622. The lowest BCUT2D eigenvalue weighted by molar-refractivity contribution is -0.149. The molecule has 1 saturated carbocycles. The molecule has 0 aliphatic heterocycles. The molecule has 1 amide bonds. The van der Waals surface area contributed by atoms with Crippen LogP contribution in [0.5, 0.6) is 0 Å². The molecule has 2 aliphatic rings. The molecule has 31 heavy (non-hydrogen) atoms. The second-order valence-corrected chi connectivity index (χ2v) is 8.35. The van der Waals surface area contributed by atoms with Crippen LogP contribution in [0.4, 0.5) is 4.79 Å². The Morgan fingerprint density at radius 2 is 1.42 bits per heavy atom. The van der Waals surface area contributed by atoms with Gasteiger partial charge in [-0.1, -0.05) is 78.9 Å². The van der Waals surface area contributed by atoms with Gasteiger partial charge in [0, 0.05) is 5.92 Å². The van der Waals surface area contributed by atoms with Crippen LogP contribution < -0.4 is 5.32 Å². The number of ether oxygens (including phenoxy) is 1. The Morgan fingerprint density at radius 1 is 0.871 bits per heavy atom. The minimum absolute atomic E-state index is 0.0580. The van der Waals surface area contributed by atoms with Crippen LogP contribution in [0.15, 0.2) is 78.9 Å². The van der Waals surface area contributed by atoms with Gasteiger partial charge in [0.25, 0.3) is 0 Å². The molecule has 0 heterocycles. The number of fused-ring (bicyclic) bond motifs is 3. The van der Waals surface area contributed by atoms with E-state index < -0.39 is 17.6 Å². The van der Waals surface area contributed by atoms with E-state index >= 15 is 0 Å². The lowest BCUT2D eigenvalue weighted by atomic mass is 9.65. The average molecular weight is 413 g/mol. The van der Waals surface area contributed by atoms with Gasteiger partial charge >= 0.3 is 12.1 Å². The second-order valence-electron chi connectivity index (χ2n) is 8.35. The predicted octanol–water partition coefficient (Wildman–Crippen LogP) is 4.93. The van der Waals surface area contributed by atoms with Gasteiger partial charge in [0.2, 0.25) is 0 Å². The number of carbonyl (C=O) groups is 2.